The summed E-state index contributed by atoms with van der Waals surface area (Å²) in [5.41, 5.74) is 1.84. The molecule has 1 saturated heterocycles. The van der Waals surface area contributed by atoms with Crippen molar-refractivity contribution in [1.29, 1.82) is 0 Å². The van der Waals surface area contributed by atoms with Gasteiger partial charge in [0.25, 0.3) is 0 Å². The normalized spacial score (nSPS) is 17.3. The Labute approximate surface area is 136 Å². The summed E-state index contributed by atoms with van der Waals surface area (Å²) in [6.45, 7) is 8.52. The lowest BCUT2D eigenvalue weighted by Gasteiger charge is -2.39. The standard InChI is InChI=1S/C17H24N4O2/c1-12(2)23-17-7-5-4-6-14(17)8-20-9-15(10-20)21-11-16(13(3)22)18-19-21/h4-7,11-13,15,22H,8-10H2,1-3H3/t13-/m1/s1. The molecule has 3 rings (SSSR count). The fraction of sp³-hybridized carbons (Fsp3) is 0.529. The lowest BCUT2D eigenvalue weighted by molar-refractivity contribution is 0.0878. The quantitative estimate of drug-likeness (QED) is 0.885. The molecule has 0 radical (unpaired) electrons. The molecule has 0 aliphatic carbocycles. The van der Waals surface area contributed by atoms with Crippen molar-refractivity contribution in [3.8, 4) is 5.75 Å². The van der Waals surface area contributed by atoms with E-state index in [1.807, 2.05) is 42.9 Å². The molecule has 0 amide bonds. The lowest BCUT2D eigenvalue weighted by Crippen LogP contribution is -2.47. The Balaban J connectivity index is 1.58. The van der Waals surface area contributed by atoms with Gasteiger partial charge in [0.2, 0.25) is 0 Å². The average molecular weight is 316 g/mol. The number of benzene rings is 1. The first-order valence-electron chi connectivity index (χ1n) is 8.09. The number of likely N-dealkylation sites (tertiary alicyclic amines) is 1. The van der Waals surface area contributed by atoms with Gasteiger partial charge in [0.15, 0.2) is 0 Å². The molecule has 0 saturated carbocycles. The van der Waals surface area contributed by atoms with Gasteiger partial charge in [0, 0.05) is 25.2 Å². The topological polar surface area (TPSA) is 63.4 Å². The average Bonchev–Trinajstić information content (AvgIpc) is 2.93. The van der Waals surface area contributed by atoms with E-state index >= 15 is 0 Å². The van der Waals surface area contributed by atoms with E-state index in [2.05, 4.69) is 21.3 Å². The maximum Gasteiger partial charge on any atom is 0.124 e. The zero-order valence-corrected chi connectivity index (χ0v) is 13.9. The number of rotatable bonds is 6. The van der Waals surface area contributed by atoms with Gasteiger partial charge in [-0.2, -0.15) is 0 Å². The predicted molar refractivity (Wildman–Crippen MR) is 87.2 cm³/mol. The van der Waals surface area contributed by atoms with Crippen LogP contribution in [0.4, 0.5) is 0 Å². The minimum absolute atomic E-state index is 0.175. The Morgan fingerprint density at radius 2 is 2.00 bits per heavy atom. The van der Waals surface area contributed by atoms with Crippen LogP contribution in [0.3, 0.4) is 0 Å². The molecule has 0 unspecified atom stereocenters. The molecule has 2 aromatic rings. The number of aliphatic hydroxyl groups excluding tert-OH is 1. The molecule has 0 bridgehead atoms. The molecule has 1 aliphatic heterocycles. The van der Waals surface area contributed by atoms with E-state index in [0.717, 1.165) is 25.4 Å². The van der Waals surface area contributed by atoms with Crippen LogP contribution in [-0.2, 0) is 6.54 Å². The van der Waals surface area contributed by atoms with Gasteiger partial charge in [-0.1, -0.05) is 23.4 Å². The van der Waals surface area contributed by atoms with E-state index < -0.39 is 6.10 Å². The number of aromatic nitrogens is 3. The molecule has 6 nitrogen and oxygen atoms in total. The largest absolute Gasteiger partial charge is 0.491 e. The number of hydrogen-bond donors (Lipinski definition) is 1. The van der Waals surface area contributed by atoms with E-state index in [1.165, 1.54) is 5.56 Å². The van der Waals surface area contributed by atoms with Gasteiger partial charge in [0.05, 0.1) is 24.4 Å². The molecule has 1 aromatic carbocycles. The summed E-state index contributed by atoms with van der Waals surface area (Å²) in [7, 11) is 0. The summed E-state index contributed by atoms with van der Waals surface area (Å²) in [5.74, 6) is 0.961. The summed E-state index contributed by atoms with van der Waals surface area (Å²) in [6.07, 6.45) is 1.44. The molecule has 23 heavy (non-hydrogen) atoms. The molecule has 1 atom stereocenters. The van der Waals surface area contributed by atoms with Crippen LogP contribution in [-0.4, -0.2) is 44.2 Å². The van der Waals surface area contributed by atoms with Crippen molar-refractivity contribution in [3.05, 3.63) is 41.7 Å². The first-order valence-corrected chi connectivity index (χ1v) is 8.09. The molecular formula is C17H24N4O2. The summed E-state index contributed by atoms with van der Waals surface area (Å²) < 4.78 is 7.73. The summed E-state index contributed by atoms with van der Waals surface area (Å²) in [6, 6.07) is 8.53. The third kappa shape index (κ3) is 3.71. The van der Waals surface area contributed by atoms with Crippen LogP contribution in [0.1, 0.15) is 44.2 Å². The Morgan fingerprint density at radius 3 is 2.65 bits per heavy atom. The van der Waals surface area contributed by atoms with Gasteiger partial charge >= 0.3 is 0 Å². The van der Waals surface area contributed by atoms with Crippen molar-refractivity contribution in [3.63, 3.8) is 0 Å². The van der Waals surface area contributed by atoms with Crippen LogP contribution in [0, 0.1) is 0 Å². The molecular weight excluding hydrogens is 292 g/mol. The summed E-state index contributed by atoms with van der Waals surface area (Å²) >= 11 is 0. The van der Waals surface area contributed by atoms with E-state index in [9.17, 15) is 5.11 Å². The highest BCUT2D eigenvalue weighted by molar-refractivity contribution is 5.33. The maximum absolute atomic E-state index is 9.52. The van der Waals surface area contributed by atoms with Crippen molar-refractivity contribution in [2.75, 3.05) is 13.1 Å². The second-order valence-corrected chi connectivity index (χ2v) is 6.42. The van der Waals surface area contributed by atoms with Crippen LogP contribution in [0.25, 0.3) is 0 Å². The first-order chi connectivity index (χ1) is 11.0. The molecule has 1 N–H and O–H groups in total. The summed E-state index contributed by atoms with van der Waals surface area (Å²) in [5, 5.41) is 17.6. The second-order valence-electron chi connectivity index (χ2n) is 6.42. The van der Waals surface area contributed by atoms with Crippen molar-refractivity contribution in [2.45, 2.75) is 45.6 Å². The van der Waals surface area contributed by atoms with Gasteiger partial charge in [-0.15, -0.1) is 5.10 Å². The Hall–Kier alpha value is -1.92. The van der Waals surface area contributed by atoms with Gasteiger partial charge in [-0.05, 0) is 26.8 Å². The van der Waals surface area contributed by atoms with Crippen LogP contribution >= 0.6 is 0 Å². The fourth-order valence-electron chi connectivity index (χ4n) is 2.74. The smallest absolute Gasteiger partial charge is 0.124 e. The van der Waals surface area contributed by atoms with Crippen LogP contribution < -0.4 is 4.74 Å². The number of ether oxygens (including phenoxy) is 1. The number of para-hydroxylation sites is 1. The lowest BCUT2D eigenvalue weighted by atomic mass is 10.1. The highest BCUT2D eigenvalue weighted by Gasteiger charge is 2.30. The van der Waals surface area contributed by atoms with Crippen LogP contribution in [0.5, 0.6) is 5.75 Å². The van der Waals surface area contributed by atoms with E-state index in [1.54, 1.807) is 6.92 Å². The van der Waals surface area contributed by atoms with Crippen molar-refractivity contribution in [1.82, 2.24) is 19.9 Å². The maximum atomic E-state index is 9.52. The SMILES string of the molecule is CC(C)Oc1ccccc1CN1CC(n2cc([C@@H](C)O)nn2)C1. The van der Waals surface area contributed by atoms with Gasteiger partial charge in [0.1, 0.15) is 11.4 Å². The van der Waals surface area contributed by atoms with Gasteiger partial charge in [-0.25, -0.2) is 4.68 Å². The molecule has 1 aromatic heterocycles. The van der Waals surface area contributed by atoms with E-state index in [4.69, 9.17) is 4.74 Å². The van der Waals surface area contributed by atoms with Crippen molar-refractivity contribution in [2.24, 2.45) is 0 Å². The minimum Gasteiger partial charge on any atom is -0.491 e. The van der Waals surface area contributed by atoms with Crippen LogP contribution in [0.2, 0.25) is 0 Å². The minimum atomic E-state index is -0.569. The Morgan fingerprint density at radius 1 is 1.26 bits per heavy atom. The van der Waals surface area contributed by atoms with Gasteiger partial charge < -0.3 is 9.84 Å². The number of hydrogen-bond acceptors (Lipinski definition) is 5. The fourth-order valence-corrected chi connectivity index (χ4v) is 2.74. The molecule has 6 heteroatoms. The van der Waals surface area contributed by atoms with Gasteiger partial charge in [-0.3, -0.25) is 4.90 Å². The van der Waals surface area contributed by atoms with E-state index in [0.29, 0.717) is 11.7 Å². The predicted octanol–water partition coefficient (Wildman–Crippen LogP) is 2.18. The molecule has 124 valence electrons. The third-order valence-corrected chi connectivity index (χ3v) is 4.00. The van der Waals surface area contributed by atoms with Crippen molar-refractivity contribution < 1.29 is 9.84 Å². The third-order valence-electron chi connectivity index (χ3n) is 4.00. The second kappa shape index (κ2) is 6.68. The first kappa shape index (κ1) is 16.0. The Bertz CT molecular complexity index is 648. The molecule has 2 heterocycles. The molecule has 1 fully saturated rings. The Kier molecular flexibility index (Phi) is 4.63. The number of nitrogens with zero attached hydrogens (tertiary/aromatic N) is 4. The number of aliphatic hydroxyl groups is 1. The van der Waals surface area contributed by atoms with E-state index in [-0.39, 0.29) is 6.10 Å². The summed E-state index contributed by atoms with van der Waals surface area (Å²) in [4.78, 5) is 2.36. The monoisotopic (exact) mass is 316 g/mol. The molecule has 1 aliphatic rings. The zero-order valence-electron chi connectivity index (χ0n) is 13.9. The zero-order chi connectivity index (χ0) is 16.4. The highest BCUT2D eigenvalue weighted by Crippen LogP contribution is 2.27. The molecule has 0 spiro atoms. The highest BCUT2D eigenvalue weighted by atomic mass is 16.5. The van der Waals surface area contributed by atoms with Crippen LogP contribution in [0.15, 0.2) is 30.5 Å². The van der Waals surface area contributed by atoms with Crippen molar-refractivity contribution >= 4 is 0 Å².